The van der Waals surface area contributed by atoms with Crippen molar-refractivity contribution in [1.29, 1.82) is 0 Å². The summed E-state index contributed by atoms with van der Waals surface area (Å²) in [5.41, 5.74) is 0.915. The fourth-order valence-electron chi connectivity index (χ4n) is 1.79. The smallest absolute Gasteiger partial charge is 0.262 e. The van der Waals surface area contributed by atoms with Crippen LogP contribution in [0.3, 0.4) is 0 Å². The number of sulfonamides is 1. The summed E-state index contributed by atoms with van der Waals surface area (Å²) < 4.78 is 28.8. The zero-order valence-electron chi connectivity index (χ0n) is 11.5. The van der Waals surface area contributed by atoms with Gasteiger partial charge >= 0.3 is 0 Å². The molecule has 0 saturated carbocycles. The number of aromatic nitrogens is 2. The van der Waals surface area contributed by atoms with Crippen LogP contribution < -0.4 is 0 Å². The molecular weight excluding hydrogens is 342 g/mol. The summed E-state index contributed by atoms with van der Waals surface area (Å²) in [5.74, 6) is 0.666. The van der Waals surface area contributed by atoms with Crippen molar-refractivity contribution in [2.45, 2.75) is 18.5 Å². The van der Waals surface area contributed by atoms with Crippen molar-refractivity contribution in [3.63, 3.8) is 0 Å². The van der Waals surface area contributed by atoms with Crippen LogP contribution in [-0.2, 0) is 23.6 Å². The van der Waals surface area contributed by atoms with E-state index in [1.165, 1.54) is 10.5 Å². The molecule has 7 heteroatoms. The molecule has 2 rings (SSSR count). The SMILES string of the molecule is Cc1nc(S(=O)(=O)N(C)Cc2cccc(Br)c2)cn1C. The predicted octanol–water partition coefficient (Wildman–Crippen LogP) is 2.31. The van der Waals surface area contributed by atoms with Gasteiger partial charge in [-0.2, -0.15) is 4.31 Å². The second-order valence-corrected chi connectivity index (χ2v) is 7.54. The molecule has 0 spiro atoms. The van der Waals surface area contributed by atoms with Gasteiger partial charge in [-0.1, -0.05) is 28.1 Å². The summed E-state index contributed by atoms with van der Waals surface area (Å²) in [6.45, 7) is 2.07. The number of nitrogens with zero attached hydrogens (tertiary/aromatic N) is 3. The van der Waals surface area contributed by atoms with Crippen LogP contribution in [0.15, 0.2) is 40.0 Å². The summed E-state index contributed by atoms with van der Waals surface area (Å²) in [6, 6.07) is 7.57. The van der Waals surface area contributed by atoms with Crippen LogP contribution in [0.5, 0.6) is 0 Å². The molecule has 0 fully saturated rings. The van der Waals surface area contributed by atoms with Crippen LogP contribution in [0.2, 0.25) is 0 Å². The van der Waals surface area contributed by atoms with Gasteiger partial charge in [0.1, 0.15) is 5.82 Å². The Hall–Kier alpha value is -1.18. The van der Waals surface area contributed by atoms with Gasteiger partial charge in [-0.25, -0.2) is 13.4 Å². The predicted molar refractivity (Wildman–Crippen MR) is 80.7 cm³/mol. The molecule has 5 nitrogen and oxygen atoms in total. The van der Waals surface area contributed by atoms with Crippen LogP contribution in [-0.4, -0.2) is 29.3 Å². The van der Waals surface area contributed by atoms with Gasteiger partial charge in [0.2, 0.25) is 0 Å². The van der Waals surface area contributed by atoms with E-state index >= 15 is 0 Å². The molecule has 0 saturated heterocycles. The number of aryl methyl sites for hydroxylation is 2. The van der Waals surface area contributed by atoms with Crippen molar-refractivity contribution >= 4 is 26.0 Å². The number of rotatable bonds is 4. The number of hydrogen-bond donors (Lipinski definition) is 0. The van der Waals surface area contributed by atoms with E-state index < -0.39 is 10.0 Å². The highest BCUT2D eigenvalue weighted by molar-refractivity contribution is 9.10. The monoisotopic (exact) mass is 357 g/mol. The molecule has 0 N–H and O–H groups in total. The maximum atomic E-state index is 12.4. The second kappa shape index (κ2) is 5.67. The Morgan fingerprint density at radius 3 is 2.65 bits per heavy atom. The molecule has 0 aliphatic heterocycles. The van der Waals surface area contributed by atoms with Crippen molar-refractivity contribution in [1.82, 2.24) is 13.9 Å². The minimum Gasteiger partial charge on any atom is -0.337 e. The lowest BCUT2D eigenvalue weighted by Crippen LogP contribution is -2.26. The van der Waals surface area contributed by atoms with Crippen molar-refractivity contribution in [2.75, 3.05) is 7.05 Å². The Balaban J connectivity index is 2.25. The second-order valence-electron chi connectivity index (χ2n) is 4.63. The van der Waals surface area contributed by atoms with Crippen LogP contribution in [0, 0.1) is 6.92 Å². The summed E-state index contributed by atoms with van der Waals surface area (Å²) in [5, 5.41) is 0.0787. The molecule has 20 heavy (non-hydrogen) atoms. The molecule has 0 atom stereocenters. The Bertz CT molecular complexity index is 705. The topological polar surface area (TPSA) is 55.2 Å². The van der Waals surface area contributed by atoms with Gasteiger partial charge in [0.15, 0.2) is 5.03 Å². The molecular formula is C13H16BrN3O2S. The third-order valence-electron chi connectivity index (χ3n) is 3.06. The van der Waals surface area contributed by atoms with E-state index in [1.807, 2.05) is 24.3 Å². The highest BCUT2D eigenvalue weighted by Crippen LogP contribution is 2.18. The lowest BCUT2D eigenvalue weighted by Gasteiger charge is -2.15. The summed E-state index contributed by atoms with van der Waals surface area (Å²) in [7, 11) is -0.236. The van der Waals surface area contributed by atoms with E-state index in [9.17, 15) is 8.42 Å². The molecule has 0 bridgehead atoms. The summed E-state index contributed by atoms with van der Waals surface area (Å²) in [4.78, 5) is 4.09. The maximum absolute atomic E-state index is 12.4. The van der Waals surface area contributed by atoms with Crippen molar-refractivity contribution < 1.29 is 8.42 Å². The first kappa shape index (κ1) is 15.2. The Kier molecular flexibility index (Phi) is 4.31. The Morgan fingerprint density at radius 2 is 2.10 bits per heavy atom. The maximum Gasteiger partial charge on any atom is 0.262 e. The molecule has 2 aromatic rings. The lowest BCUT2D eigenvalue weighted by molar-refractivity contribution is 0.464. The molecule has 0 aliphatic rings. The van der Waals surface area contributed by atoms with Gasteiger partial charge in [0, 0.05) is 31.3 Å². The van der Waals surface area contributed by atoms with E-state index in [2.05, 4.69) is 20.9 Å². The molecule has 0 radical (unpaired) electrons. The van der Waals surface area contributed by atoms with Crippen LogP contribution >= 0.6 is 15.9 Å². The third-order valence-corrected chi connectivity index (χ3v) is 5.22. The first-order valence-corrected chi connectivity index (χ1v) is 8.25. The van der Waals surface area contributed by atoms with Gasteiger partial charge in [0.05, 0.1) is 0 Å². The zero-order chi connectivity index (χ0) is 14.9. The van der Waals surface area contributed by atoms with Gasteiger partial charge in [0.25, 0.3) is 10.0 Å². The van der Waals surface area contributed by atoms with Crippen molar-refractivity contribution in [2.24, 2.45) is 7.05 Å². The standard InChI is InChI=1S/C13H16BrN3O2S/c1-10-15-13(9-16(10)2)20(18,19)17(3)8-11-5-4-6-12(14)7-11/h4-7,9H,8H2,1-3H3. The number of imidazole rings is 1. The van der Waals surface area contributed by atoms with E-state index in [4.69, 9.17) is 0 Å². The summed E-state index contributed by atoms with van der Waals surface area (Å²) in [6.07, 6.45) is 1.53. The first-order chi connectivity index (χ1) is 9.30. The molecule has 1 aromatic carbocycles. The molecule has 108 valence electrons. The number of hydrogen-bond acceptors (Lipinski definition) is 3. The van der Waals surface area contributed by atoms with E-state index in [-0.39, 0.29) is 5.03 Å². The van der Waals surface area contributed by atoms with Crippen molar-refractivity contribution in [3.05, 3.63) is 46.3 Å². The molecule has 0 unspecified atom stereocenters. The quantitative estimate of drug-likeness (QED) is 0.843. The van der Waals surface area contributed by atoms with Crippen LogP contribution in [0.25, 0.3) is 0 Å². The van der Waals surface area contributed by atoms with Crippen LogP contribution in [0.1, 0.15) is 11.4 Å². The van der Waals surface area contributed by atoms with Gasteiger partial charge < -0.3 is 4.57 Å². The summed E-state index contributed by atoms with van der Waals surface area (Å²) >= 11 is 3.38. The number of benzene rings is 1. The van der Waals surface area contributed by atoms with E-state index in [0.29, 0.717) is 12.4 Å². The first-order valence-electron chi connectivity index (χ1n) is 6.01. The normalized spacial score (nSPS) is 12.1. The van der Waals surface area contributed by atoms with Crippen molar-refractivity contribution in [3.8, 4) is 0 Å². The Labute approximate surface area is 127 Å². The van der Waals surface area contributed by atoms with E-state index in [0.717, 1.165) is 10.0 Å². The zero-order valence-corrected chi connectivity index (χ0v) is 13.9. The van der Waals surface area contributed by atoms with Gasteiger partial charge in [-0.05, 0) is 24.6 Å². The minimum absolute atomic E-state index is 0.0787. The third kappa shape index (κ3) is 3.11. The molecule has 0 aliphatic carbocycles. The molecule has 0 amide bonds. The van der Waals surface area contributed by atoms with Gasteiger partial charge in [-0.15, -0.1) is 0 Å². The largest absolute Gasteiger partial charge is 0.337 e. The average molecular weight is 358 g/mol. The van der Waals surface area contributed by atoms with Crippen LogP contribution in [0.4, 0.5) is 0 Å². The fourth-order valence-corrected chi connectivity index (χ4v) is 3.41. The molecule has 1 aromatic heterocycles. The Morgan fingerprint density at radius 1 is 1.40 bits per heavy atom. The lowest BCUT2D eigenvalue weighted by atomic mass is 10.2. The number of halogens is 1. The highest BCUT2D eigenvalue weighted by atomic mass is 79.9. The van der Waals surface area contributed by atoms with Gasteiger partial charge in [-0.3, -0.25) is 0 Å². The minimum atomic E-state index is -3.57. The molecule has 1 heterocycles. The fraction of sp³-hybridized carbons (Fsp3) is 0.308. The average Bonchev–Trinajstić information content (AvgIpc) is 2.70. The van der Waals surface area contributed by atoms with E-state index in [1.54, 1.807) is 25.6 Å². The highest BCUT2D eigenvalue weighted by Gasteiger charge is 2.24.